The van der Waals surface area contributed by atoms with Crippen molar-refractivity contribution in [1.29, 1.82) is 0 Å². The van der Waals surface area contributed by atoms with Crippen LogP contribution in [0.15, 0.2) is 24.4 Å². The van der Waals surface area contributed by atoms with Gasteiger partial charge in [0, 0.05) is 6.20 Å². The molecule has 3 heteroatoms. The number of fused-ring (bicyclic) bond motifs is 1. The van der Waals surface area contributed by atoms with Crippen LogP contribution in [0.5, 0.6) is 0 Å². The van der Waals surface area contributed by atoms with E-state index >= 15 is 0 Å². The number of hydrogen-bond donors (Lipinski definition) is 0. The fourth-order valence-corrected chi connectivity index (χ4v) is 1.03. The number of nitrogens with zero attached hydrogens (tertiary/aromatic N) is 2. The van der Waals surface area contributed by atoms with E-state index in [1.165, 1.54) is 0 Å². The summed E-state index contributed by atoms with van der Waals surface area (Å²) in [6.45, 7) is 0.716. The average Bonchev–Trinajstić information content (AvgIpc) is 2.36. The normalized spacial score (nSPS) is 15.4. The van der Waals surface area contributed by atoms with Crippen molar-refractivity contribution in [3.8, 4) is 0 Å². The topological polar surface area (TPSA) is 34.9 Å². The van der Waals surface area contributed by atoms with Gasteiger partial charge in [0.15, 0.2) is 0 Å². The molecule has 0 aliphatic carbocycles. The molecule has 0 spiro atoms. The van der Waals surface area contributed by atoms with Gasteiger partial charge in [-0.15, -0.1) is 0 Å². The van der Waals surface area contributed by atoms with Crippen molar-refractivity contribution in [3.63, 3.8) is 0 Å². The van der Waals surface area contributed by atoms with Crippen LogP contribution in [0.4, 0.5) is 0 Å². The Morgan fingerprint density at radius 3 is 3.30 bits per heavy atom. The summed E-state index contributed by atoms with van der Waals surface area (Å²) in [5, 5.41) is 3.95. The van der Waals surface area contributed by atoms with Crippen molar-refractivity contribution < 1.29 is 4.79 Å². The molecule has 0 atom stereocenters. The standard InChI is InChI=1S/C7H6N2O/c10-7-2-1-5-9-6(7)3-4-8-9/h1-4H,5H2. The highest BCUT2D eigenvalue weighted by Crippen LogP contribution is 2.05. The van der Waals surface area contributed by atoms with E-state index in [0.29, 0.717) is 12.2 Å². The minimum absolute atomic E-state index is 0.0451. The summed E-state index contributed by atoms with van der Waals surface area (Å²) in [4.78, 5) is 11.0. The van der Waals surface area contributed by atoms with Gasteiger partial charge in [-0.25, -0.2) is 0 Å². The first-order valence-corrected chi connectivity index (χ1v) is 3.10. The van der Waals surface area contributed by atoms with Crippen molar-refractivity contribution in [2.75, 3.05) is 0 Å². The molecule has 0 radical (unpaired) electrons. The van der Waals surface area contributed by atoms with Crippen molar-refractivity contribution >= 4 is 5.78 Å². The van der Waals surface area contributed by atoms with Gasteiger partial charge in [-0.1, -0.05) is 6.08 Å². The van der Waals surface area contributed by atoms with Gasteiger partial charge in [0.2, 0.25) is 5.78 Å². The van der Waals surface area contributed by atoms with Crippen molar-refractivity contribution in [1.82, 2.24) is 9.78 Å². The third-order valence-corrected chi connectivity index (χ3v) is 1.52. The van der Waals surface area contributed by atoms with Crippen LogP contribution >= 0.6 is 0 Å². The quantitative estimate of drug-likeness (QED) is 0.521. The summed E-state index contributed by atoms with van der Waals surface area (Å²) in [5.41, 5.74) is 0.683. The Balaban J connectivity index is 2.58. The number of rotatable bonds is 0. The van der Waals surface area contributed by atoms with Gasteiger partial charge in [-0.2, -0.15) is 5.10 Å². The summed E-state index contributed by atoms with van der Waals surface area (Å²) in [6, 6.07) is 1.73. The van der Waals surface area contributed by atoms with E-state index in [1.807, 2.05) is 6.08 Å². The second-order valence-corrected chi connectivity index (χ2v) is 2.17. The van der Waals surface area contributed by atoms with E-state index in [9.17, 15) is 4.79 Å². The zero-order valence-electron chi connectivity index (χ0n) is 5.32. The van der Waals surface area contributed by atoms with Crippen LogP contribution in [0.1, 0.15) is 10.5 Å². The van der Waals surface area contributed by atoms with Gasteiger partial charge in [-0.05, 0) is 12.1 Å². The average molecular weight is 134 g/mol. The van der Waals surface area contributed by atoms with E-state index in [0.717, 1.165) is 0 Å². The summed E-state index contributed by atoms with van der Waals surface area (Å²) in [6.07, 6.45) is 5.03. The fraction of sp³-hybridized carbons (Fsp3) is 0.143. The highest BCUT2D eigenvalue weighted by molar-refractivity contribution is 6.03. The van der Waals surface area contributed by atoms with E-state index in [-0.39, 0.29) is 5.78 Å². The number of carbonyl (C=O) groups excluding carboxylic acids is 1. The molecule has 1 aliphatic heterocycles. The predicted octanol–water partition coefficient (Wildman–Crippen LogP) is 0.636. The van der Waals surface area contributed by atoms with Gasteiger partial charge in [0.1, 0.15) is 5.69 Å². The highest BCUT2D eigenvalue weighted by Gasteiger charge is 2.10. The van der Waals surface area contributed by atoms with E-state index < -0.39 is 0 Å². The van der Waals surface area contributed by atoms with Gasteiger partial charge in [0.25, 0.3) is 0 Å². The van der Waals surface area contributed by atoms with E-state index in [1.54, 1.807) is 23.0 Å². The van der Waals surface area contributed by atoms with Gasteiger partial charge in [-0.3, -0.25) is 9.48 Å². The van der Waals surface area contributed by atoms with Crippen LogP contribution in [0.25, 0.3) is 0 Å². The lowest BCUT2D eigenvalue weighted by atomic mass is 10.2. The van der Waals surface area contributed by atoms with Crippen LogP contribution in [0.3, 0.4) is 0 Å². The number of allylic oxidation sites excluding steroid dienone is 2. The molecule has 0 saturated heterocycles. The Bertz CT molecular complexity index is 298. The molecule has 0 aromatic carbocycles. The molecule has 1 aromatic rings. The Hall–Kier alpha value is -1.38. The number of hydrogen-bond acceptors (Lipinski definition) is 2. The first kappa shape index (κ1) is 5.41. The molecule has 3 nitrogen and oxygen atoms in total. The lowest BCUT2D eigenvalue weighted by Gasteiger charge is -2.04. The molecule has 0 N–H and O–H groups in total. The van der Waals surface area contributed by atoms with Crippen molar-refractivity contribution in [2.24, 2.45) is 0 Å². The predicted molar refractivity (Wildman–Crippen MR) is 35.7 cm³/mol. The van der Waals surface area contributed by atoms with Crippen LogP contribution in [0.2, 0.25) is 0 Å². The number of ketones is 1. The molecular formula is C7H6N2O. The fourth-order valence-electron chi connectivity index (χ4n) is 1.03. The molecular weight excluding hydrogens is 128 g/mol. The van der Waals surface area contributed by atoms with Crippen LogP contribution in [-0.4, -0.2) is 15.6 Å². The Labute approximate surface area is 58.0 Å². The number of carbonyl (C=O) groups is 1. The second kappa shape index (κ2) is 1.80. The molecule has 2 rings (SSSR count). The van der Waals surface area contributed by atoms with E-state index in [4.69, 9.17) is 0 Å². The lowest BCUT2D eigenvalue weighted by molar-refractivity contribution is 0.103. The summed E-state index contributed by atoms with van der Waals surface area (Å²) in [7, 11) is 0. The van der Waals surface area contributed by atoms with Gasteiger partial charge >= 0.3 is 0 Å². The third kappa shape index (κ3) is 0.603. The summed E-state index contributed by atoms with van der Waals surface area (Å²) < 4.78 is 1.68. The van der Waals surface area contributed by atoms with Gasteiger partial charge < -0.3 is 0 Å². The minimum atomic E-state index is 0.0451. The smallest absolute Gasteiger partial charge is 0.203 e. The molecule has 1 aromatic heterocycles. The monoisotopic (exact) mass is 134 g/mol. The van der Waals surface area contributed by atoms with E-state index in [2.05, 4.69) is 5.10 Å². The van der Waals surface area contributed by atoms with Crippen LogP contribution < -0.4 is 0 Å². The van der Waals surface area contributed by atoms with Crippen LogP contribution in [0, 0.1) is 0 Å². The maximum atomic E-state index is 11.0. The first-order valence-electron chi connectivity index (χ1n) is 3.10. The molecule has 10 heavy (non-hydrogen) atoms. The molecule has 0 unspecified atom stereocenters. The molecule has 0 fully saturated rings. The van der Waals surface area contributed by atoms with Crippen molar-refractivity contribution in [3.05, 3.63) is 30.1 Å². The zero-order chi connectivity index (χ0) is 6.97. The Morgan fingerprint density at radius 1 is 1.60 bits per heavy atom. The Kier molecular flexibility index (Phi) is 0.974. The third-order valence-electron chi connectivity index (χ3n) is 1.52. The van der Waals surface area contributed by atoms with Crippen LogP contribution in [-0.2, 0) is 6.54 Å². The zero-order valence-corrected chi connectivity index (χ0v) is 5.32. The molecule has 0 amide bonds. The number of aromatic nitrogens is 2. The first-order chi connectivity index (χ1) is 4.88. The lowest BCUT2D eigenvalue weighted by Crippen LogP contribution is -2.12. The second-order valence-electron chi connectivity index (χ2n) is 2.17. The highest BCUT2D eigenvalue weighted by atomic mass is 16.1. The Morgan fingerprint density at radius 2 is 2.50 bits per heavy atom. The molecule has 2 heterocycles. The largest absolute Gasteiger partial charge is 0.288 e. The molecule has 0 bridgehead atoms. The van der Waals surface area contributed by atoms with Crippen molar-refractivity contribution in [2.45, 2.75) is 6.54 Å². The minimum Gasteiger partial charge on any atom is -0.288 e. The molecule has 50 valence electrons. The maximum absolute atomic E-state index is 11.0. The SMILES string of the molecule is O=C1C=CCn2nccc21. The maximum Gasteiger partial charge on any atom is 0.203 e. The molecule has 1 aliphatic rings. The van der Waals surface area contributed by atoms with Gasteiger partial charge in [0.05, 0.1) is 6.54 Å². The summed E-state index contributed by atoms with van der Waals surface area (Å²) in [5.74, 6) is 0.0451. The molecule has 0 saturated carbocycles. The summed E-state index contributed by atoms with van der Waals surface area (Å²) >= 11 is 0.